The van der Waals surface area contributed by atoms with E-state index in [9.17, 15) is 14.7 Å². The number of rotatable bonds is 3. The zero-order valence-electron chi connectivity index (χ0n) is 18.6. The van der Waals surface area contributed by atoms with Crippen LogP contribution in [0.15, 0.2) is 54.3 Å². The molecule has 0 amide bonds. The lowest BCUT2D eigenvalue weighted by Gasteiger charge is -2.19. The van der Waals surface area contributed by atoms with Gasteiger partial charge in [0.2, 0.25) is 0 Å². The molecule has 1 fully saturated rings. The van der Waals surface area contributed by atoms with Gasteiger partial charge >= 0.3 is 11.9 Å². The first-order chi connectivity index (χ1) is 13.9. The Morgan fingerprint density at radius 2 is 1.33 bits per heavy atom. The molecule has 0 bridgehead atoms. The minimum Gasteiger partial charge on any atom is -0.478 e. The number of carbonyl (C=O) groups excluding carboxylic acids is 1. The summed E-state index contributed by atoms with van der Waals surface area (Å²) in [5.41, 5.74) is 3.73. The maximum atomic E-state index is 12.6. The van der Waals surface area contributed by atoms with Crippen molar-refractivity contribution in [3.63, 3.8) is 0 Å². The van der Waals surface area contributed by atoms with Gasteiger partial charge in [0.15, 0.2) is 0 Å². The summed E-state index contributed by atoms with van der Waals surface area (Å²) in [5, 5.41) is 9.84. The van der Waals surface area contributed by atoms with Crippen LogP contribution in [0.2, 0.25) is 0 Å². The quantitative estimate of drug-likeness (QED) is 0.516. The second-order valence-electron chi connectivity index (χ2n) is 9.98. The third-order valence-corrected chi connectivity index (χ3v) is 5.61. The first-order valence-electron chi connectivity index (χ1n) is 10.3. The summed E-state index contributed by atoms with van der Waals surface area (Å²) < 4.78 is 5.46. The molecule has 1 N–H and O–H groups in total. The lowest BCUT2D eigenvalue weighted by Crippen LogP contribution is -2.11. The van der Waals surface area contributed by atoms with E-state index in [0.717, 1.165) is 11.1 Å². The number of allylic oxidation sites excluding steroid dienone is 1. The van der Waals surface area contributed by atoms with Crippen molar-refractivity contribution < 1.29 is 19.4 Å². The Labute approximate surface area is 178 Å². The molecule has 4 heteroatoms. The molecule has 1 aliphatic rings. The van der Waals surface area contributed by atoms with Crippen LogP contribution in [0.25, 0.3) is 5.57 Å². The van der Waals surface area contributed by atoms with Gasteiger partial charge < -0.3 is 9.84 Å². The summed E-state index contributed by atoms with van der Waals surface area (Å²) in [7, 11) is 0. The van der Waals surface area contributed by atoms with Gasteiger partial charge in [-0.25, -0.2) is 4.79 Å². The van der Waals surface area contributed by atoms with E-state index in [1.54, 1.807) is 12.1 Å². The molecule has 0 radical (unpaired) electrons. The minimum absolute atomic E-state index is 0.0233. The van der Waals surface area contributed by atoms with Gasteiger partial charge in [-0.2, -0.15) is 0 Å². The molecule has 2 aromatic carbocycles. The fourth-order valence-corrected chi connectivity index (χ4v) is 3.67. The van der Waals surface area contributed by atoms with E-state index >= 15 is 0 Å². The lowest BCUT2D eigenvalue weighted by atomic mass is 9.85. The minimum atomic E-state index is -1.09. The Kier molecular flexibility index (Phi) is 5.64. The van der Waals surface area contributed by atoms with Crippen LogP contribution in [-0.2, 0) is 25.2 Å². The Balaban J connectivity index is 1.93. The second-order valence-corrected chi connectivity index (χ2v) is 9.98. The van der Waals surface area contributed by atoms with Gasteiger partial charge in [0, 0.05) is 6.42 Å². The topological polar surface area (TPSA) is 63.6 Å². The maximum absolute atomic E-state index is 12.6. The average molecular weight is 407 g/mol. The summed E-state index contributed by atoms with van der Waals surface area (Å²) in [6.07, 6.45) is 0.246. The molecule has 4 nitrogen and oxygen atoms in total. The van der Waals surface area contributed by atoms with Crippen molar-refractivity contribution in [2.75, 3.05) is 0 Å². The van der Waals surface area contributed by atoms with Crippen LogP contribution in [0, 0.1) is 0 Å². The molecule has 1 aliphatic heterocycles. The lowest BCUT2D eigenvalue weighted by molar-refractivity contribution is -0.136. The maximum Gasteiger partial charge on any atom is 0.339 e. The van der Waals surface area contributed by atoms with Gasteiger partial charge in [-0.15, -0.1) is 0 Å². The van der Waals surface area contributed by atoms with Crippen molar-refractivity contribution in [2.45, 2.75) is 64.7 Å². The van der Waals surface area contributed by atoms with Crippen molar-refractivity contribution in [3.8, 4) is 0 Å². The predicted octanol–water partition coefficient (Wildman–Crippen LogP) is 5.81. The molecule has 1 saturated heterocycles. The van der Waals surface area contributed by atoms with Crippen molar-refractivity contribution in [3.05, 3.63) is 76.5 Å². The molecule has 3 rings (SSSR count). The Bertz CT molecular complexity index is 981. The smallest absolute Gasteiger partial charge is 0.339 e. The molecular weight excluding hydrogens is 376 g/mol. The van der Waals surface area contributed by atoms with E-state index in [2.05, 4.69) is 41.5 Å². The Morgan fingerprint density at radius 3 is 1.77 bits per heavy atom. The van der Waals surface area contributed by atoms with Crippen LogP contribution in [0.1, 0.15) is 76.1 Å². The summed E-state index contributed by atoms with van der Waals surface area (Å²) in [4.78, 5) is 24.6. The van der Waals surface area contributed by atoms with Crippen LogP contribution in [0.5, 0.6) is 0 Å². The van der Waals surface area contributed by atoms with Gasteiger partial charge in [0.05, 0.1) is 5.92 Å². The van der Waals surface area contributed by atoms with Crippen molar-refractivity contribution >= 4 is 17.5 Å². The van der Waals surface area contributed by atoms with Gasteiger partial charge in [-0.3, -0.25) is 4.79 Å². The molecule has 1 atom stereocenters. The van der Waals surface area contributed by atoms with E-state index in [1.807, 2.05) is 36.4 Å². The highest BCUT2D eigenvalue weighted by atomic mass is 16.5. The number of cyclic esters (lactones) is 1. The number of carboxylic acids is 1. The molecule has 0 aliphatic carbocycles. The zero-order valence-corrected chi connectivity index (χ0v) is 18.6. The Hall–Kier alpha value is -2.88. The molecule has 158 valence electrons. The highest BCUT2D eigenvalue weighted by Crippen LogP contribution is 2.38. The van der Waals surface area contributed by atoms with Gasteiger partial charge in [-0.05, 0) is 33.1 Å². The number of hydrogen-bond donors (Lipinski definition) is 1. The van der Waals surface area contributed by atoms with E-state index in [4.69, 9.17) is 4.74 Å². The number of ether oxygens (including phenoxy) is 1. The summed E-state index contributed by atoms with van der Waals surface area (Å²) >= 11 is 0. The molecular formula is C26H30O4. The first kappa shape index (κ1) is 21.8. The van der Waals surface area contributed by atoms with Crippen molar-refractivity contribution in [2.24, 2.45) is 0 Å². The number of esters is 1. The van der Waals surface area contributed by atoms with E-state index in [-0.39, 0.29) is 28.6 Å². The van der Waals surface area contributed by atoms with Crippen LogP contribution >= 0.6 is 0 Å². The fourth-order valence-electron chi connectivity index (χ4n) is 3.67. The second kappa shape index (κ2) is 7.75. The SMILES string of the molecule is CC(C)(C)c1ccc(/C(C(=O)O)=C2/CC(c3ccc(C(C)(C)C)cc3)C(=O)O2)cc1. The first-order valence-corrected chi connectivity index (χ1v) is 10.3. The van der Waals surface area contributed by atoms with Crippen molar-refractivity contribution in [1.29, 1.82) is 0 Å². The number of hydrogen-bond acceptors (Lipinski definition) is 3. The average Bonchev–Trinajstić information content (AvgIpc) is 3.02. The third kappa shape index (κ3) is 4.48. The number of carboxylic acid groups (broad SMARTS) is 1. The van der Waals surface area contributed by atoms with Gasteiger partial charge in [0.25, 0.3) is 0 Å². The van der Waals surface area contributed by atoms with Crippen LogP contribution in [0.3, 0.4) is 0 Å². The van der Waals surface area contributed by atoms with Gasteiger partial charge in [-0.1, -0.05) is 90.1 Å². The Morgan fingerprint density at radius 1 is 0.867 bits per heavy atom. The summed E-state index contributed by atoms with van der Waals surface area (Å²) in [6.45, 7) is 12.7. The molecule has 0 saturated carbocycles. The van der Waals surface area contributed by atoms with Crippen LogP contribution in [-0.4, -0.2) is 17.0 Å². The van der Waals surface area contributed by atoms with Crippen molar-refractivity contribution in [1.82, 2.24) is 0 Å². The molecule has 0 spiro atoms. The third-order valence-electron chi connectivity index (χ3n) is 5.61. The highest BCUT2D eigenvalue weighted by Gasteiger charge is 2.36. The summed E-state index contributed by atoms with van der Waals surface area (Å²) in [6, 6.07) is 15.4. The predicted molar refractivity (Wildman–Crippen MR) is 118 cm³/mol. The molecule has 1 unspecified atom stereocenters. The van der Waals surface area contributed by atoms with E-state index in [1.165, 1.54) is 5.56 Å². The zero-order chi connectivity index (χ0) is 22.3. The molecule has 30 heavy (non-hydrogen) atoms. The van der Waals surface area contributed by atoms with Gasteiger partial charge in [0.1, 0.15) is 11.3 Å². The molecule has 1 heterocycles. The molecule has 0 aromatic heterocycles. The van der Waals surface area contributed by atoms with Crippen LogP contribution in [0.4, 0.5) is 0 Å². The highest BCUT2D eigenvalue weighted by molar-refractivity contribution is 6.16. The van der Waals surface area contributed by atoms with Crippen LogP contribution < -0.4 is 0 Å². The van der Waals surface area contributed by atoms with E-state index < -0.39 is 17.9 Å². The normalized spacial score (nSPS) is 18.9. The largest absolute Gasteiger partial charge is 0.478 e. The van der Waals surface area contributed by atoms with E-state index in [0.29, 0.717) is 5.56 Å². The number of aliphatic carboxylic acids is 1. The number of benzene rings is 2. The standard InChI is InChI=1S/C26H30O4/c1-25(2,3)18-11-7-16(8-12-18)20-15-21(30-24(20)29)22(23(27)28)17-9-13-19(14-10-17)26(4,5)6/h7-14,20H,15H2,1-6H3,(H,27,28)/b22-21+. The fraction of sp³-hybridized carbons (Fsp3) is 0.385. The number of carbonyl (C=O) groups is 2. The monoisotopic (exact) mass is 406 g/mol. The molecule has 2 aromatic rings. The summed E-state index contributed by atoms with van der Waals surface area (Å²) in [5.74, 6) is -1.76.